The molecular weight excluding hydrogens is 298 g/mol. The van der Waals surface area contributed by atoms with Crippen molar-refractivity contribution in [3.05, 3.63) is 48.5 Å². The third-order valence-electron chi connectivity index (χ3n) is 5.25. The number of benzene rings is 2. The van der Waals surface area contributed by atoms with Gasteiger partial charge in [-0.3, -0.25) is 0 Å². The van der Waals surface area contributed by atoms with Gasteiger partial charge in [0, 0.05) is 0 Å². The zero-order valence-electron chi connectivity index (χ0n) is 14.2. The van der Waals surface area contributed by atoms with Gasteiger partial charge < -0.3 is 14.8 Å². The first-order chi connectivity index (χ1) is 11.8. The van der Waals surface area contributed by atoms with E-state index >= 15 is 0 Å². The summed E-state index contributed by atoms with van der Waals surface area (Å²) in [7, 11) is 0. The van der Waals surface area contributed by atoms with Crippen molar-refractivity contribution in [2.45, 2.75) is 25.9 Å². The van der Waals surface area contributed by atoms with E-state index in [0.29, 0.717) is 12.7 Å². The molecule has 1 N–H and O–H groups in total. The molecule has 0 radical (unpaired) electrons. The fourth-order valence-corrected chi connectivity index (χ4v) is 4.06. The van der Waals surface area contributed by atoms with E-state index in [1.807, 2.05) is 19.1 Å². The average Bonchev–Trinajstić information content (AvgIpc) is 3.17. The molecule has 2 aliphatic rings. The minimum atomic E-state index is 0.373. The fourth-order valence-electron chi connectivity index (χ4n) is 4.06. The zero-order valence-corrected chi connectivity index (χ0v) is 14.2. The molecule has 1 aliphatic carbocycles. The van der Waals surface area contributed by atoms with E-state index in [1.165, 1.54) is 24.0 Å². The normalized spacial score (nSPS) is 25.5. The van der Waals surface area contributed by atoms with Gasteiger partial charge in [-0.15, -0.1) is 0 Å². The van der Waals surface area contributed by atoms with Crippen molar-refractivity contribution in [3.8, 4) is 22.6 Å². The molecule has 2 fully saturated rings. The van der Waals surface area contributed by atoms with Crippen molar-refractivity contribution in [3.63, 3.8) is 0 Å². The molecule has 24 heavy (non-hydrogen) atoms. The standard InChI is InChI=1S/C21H25NO2/c1-2-23-19-8-6-15(7-9-19)16-4-3-5-20(10-16)24-21-11-17-13-22-14-18(17)12-21/h3-10,17-18,21-22H,2,11-14H2,1H3/t17-,18+,21?. The first kappa shape index (κ1) is 15.5. The van der Waals surface area contributed by atoms with Crippen molar-refractivity contribution >= 4 is 0 Å². The van der Waals surface area contributed by atoms with Crippen LogP contribution in [0.2, 0.25) is 0 Å². The molecule has 1 heterocycles. The van der Waals surface area contributed by atoms with Crippen molar-refractivity contribution in [2.24, 2.45) is 11.8 Å². The highest BCUT2D eigenvalue weighted by Gasteiger charge is 2.38. The van der Waals surface area contributed by atoms with Gasteiger partial charge in [0.2, 0.25) is 0 Å². The maximum Gasteiger partial charge on any atom is 0.120 e. The molecule has 3 nitrogen and oxygen atoms in total. The van der Waals surface area contributed by atoms with Gasteiger partial charge in [-0.05, 0) is 80.1 Å². The first-order valence-corrected chi connectivity index (χ1v) is 9.02. The molecular formula is C21H25NO2. The number of hydrogen-bond acceptors (Lipinski definition) is 3. The smallest absolute Gasteiger partial charge is 0.120 e. The minimum absolute atomic E-state index is 0.373. The van der Waals surface area contributed by atoms with Gasteiger partial charge in [0.1, 0.15) is 11.5 Å². The Morgan fingerprint density at radius 3 is 2.38 bits per heavy atom. The van der Waals surface area contributed by atoms with E-state index in [9.17, 15) is 0 Å². The Morgan fingerprint density at radius 2 is 1.67 bits per heavy atom. The van der Waals surface area contributed by atoms with E-state index in [1.54, 1.807) is 0 Å². The highest BCUT2D eigenvalue weighted by Crippen LogP contribution is 2.37. The number of hydrogen-bond donors (Lipinski definition) is 1. The van der Waals surface area contributed by atoms with Crippen molar-refractivity contribution in [1.82, 2.24) is 5.32 Å². The van der Waals surface area contributed by atoms with E-state index in [4.69, 9.17) is 9.47 Å². The van der Waals surface area contributed by atoms with Crippen LogP contribution in [0.4, 0.5) is 0 Å². The predicted molar refractivity (Wildman–Crippen MR) is 96.5 cm³/mol. The molecule has 1 unspecified atom stereocenters. The summed E-state index contributed by atoms with van der Waals surface area (Å²) in [4.78, 5) is 0. The number of fused-ring (bicyclic) bond motifs is 1. The van der Waals surface area contributed by atoms with Crippen LogP contribution in [-0.4, -0.2) is 25.8 Å². The molecule has 3 atom stereocenters. The lowest BCUT2D eigenvalue weighted by Gasteiger charge is -2.15. The van der Waals surface area contributed by atoms with Gasteiger partial charge in [0.15, 0.2) is 0 Å². The Labute approximate surface area is 144 Å². The summed E-state index contributed by atoms with van der Waals surface area (Å²) >= 11 is 0. The van der Waals surface area contributed by atoms with E-state index in [-0.39, 0.29) is 0 Å². The van der Waals surface area contributed by atoms with Crippen LogP contribution >= 0.6 is 0 Å². The summed E-state index contributed by atoms with van der Waals surface area (Å²) in [6.45, 7) is 5.02. The van der Waals surface area contributed by atoms with Crippen LogP contribution in [0.25, 0.3) is 11.1 Å². The third kappa shape index (κ3) is 3.27. The molecule has 4 rings (SSSR count). The van der Waals surface area contributed by atoms with Gasteiger partial charge in [-0.1, -0.05) is 24.3 Å². The molecule has 126 valence electrons. The number of rotatable bonds is 5. The summed E-state index contributed by atoms with van der Waals surface area (Å²) in [5.74, 6) is 3.52. The van der Waals surface area contributed by atoms with Crippen molar-refractivity contribution in [2.75, 3.05) is 19.7 Å². The van der Waals surface area contributed by atoms with Crippen molar-refractivity contribution < 1.29 is 9.47 Å². The summed E-state index contributed by atoms with van der Waals surface area (Å²) in [5.41, 5.74) is 2.38. The van der Waals surface area contributed by atoms with Gasteiger partial charge in [-0.2, -0.15) is 0 Å². The maximum absolute atomic E-state index is 6.28. The molecule has 1 saturated carbocycles. The van der Waals surface area contributed by atoms with Crippen LogP contribution in [-0.2, 0) is 0 Å². The minimum Gasteiger partial charge on any atom is -0.494 e. The third-order valence-corrected chi connectivity index (χ3v) is 5.25. The van der Waals surface area contributed by atoms with E-state index in [0.717, 1.165) is 36.4 Å². The molecule has 0 aromatic heterocycles. The second-order valence-corrected chi connectivity index (χ2v) is 6.87. The van der Waals surface area contributed by atoms with Crippen LogP contribution in [0.15, 0.2) is 48.5 Å². The van der Waals surface area contributed by atoms with E-state index in [2.05, 4.69) is 41.7 Å². The van der Waals surface area contributed by atoms with Crippen LogP contribution in [0.1, 0.15) is 19.8 Å². The van der Waals surface area contributed by atoms with Crippen LogP contribution in [0.3, 0.4) is 0 Å². The summed E-state index contributed by atoms with van der Waals surface area (Å²) in [6, 6.07) is 16.7. The molecule has 2 aromatic rings. The Bertz CT molecular complexity index is 670. The Kier molecular flexibility index (Phi) is 4.44. The number of nitrogens with one attached hydrogen (secondary N) is 1. The summed E-state index contributed by atoms with van der Waals surface area (Å²) in [6.07, 6.45) is 2.74. The topological polar surface area (TPSA) is 30.5 Å². The molecule has 1 aliphatic heterocycles. The highest BCUT2D eigenvalue weighted by atomic mass is 16.5. The summed E-state index contributed by atoms with van der Waals surface area (Å²) < 4.78 is 11.8. The molecule has 3 heteroatoms. The highest BCUT2D eigenvalue weighted by molar-refractivity contribution is 5.65. The monoisotopic (exact) mass is 323 g/mol. The first-order valence-electron chi connectivity index (χ1n) is 9.02. The molecule has 0 bridgehead atoms. The predicted octanol–water partition coefficient (Wildman–Crippen LogP) is 4.13. The largest absolute Gasteiger partial charge is 0.494 e. The van der Waals surface area contributed by atoms with Gasteiger partial charge in [0.25, 0.3) is 0 Å². The van der Waals surface area contributed by atoms with Gasteiger partial charge >= 0.3 is 0 Å². The van der Waals surface area contributed by atoms with E-state index < -0.39 is 0 Å². The Morgan fingerprint density at radius 1 is 0.917 bits per heavy atom. The fraction of sp³-hybridized carbons (Fsp3) is 0.429. The zero-order chi connectivity index (χ0) is 16.4. The average molecular weight is 323 g/mol. The lowest BCUT2D eigenvalue weighted by molar-refractivity contribution is 0.199. The number of ether oxygens (including phenoxy) is 2. The Hall–Kier alpha value is -2.00. The second kappa shape index (κ2) is 6.86. The molecule has 0 amide bonds. The van der Waals surface area contributed by atoms with Crippen LogP contribution in [0.5, 0.6) is 11.5 Å². The SMILES string of the molecule is CCOc1ccc(-c2cccc(OC3C[C@H]4CNC[C@H]4C3)c2)cc1. The Balaban J connectivity index is 1.45. The van der Waals surface area contributed by atoms with Gasteiger partial charge in [0.05, 0.1) is 12.7 Å². The van der Waals surface area contributed by atoms with Crippen molar-refractivity contribution in [1.29, 1.82) is 0 Å². The summed E-state index contributed by atoms with van der Waals surface area (Å²) in [5, 5.41) is 3.49. The lowest BCUT2D eigenvalue weighted by Crippen LogP contribution is -2.18. The van der Waals surface area contributed by atoms with Crippen LogP contribution < -0.4 is 14.8 Å². The maximum atomic E-state index is 6.28. The van der Waals surface area contributed by atoms with Gasteiger partial charge in [-0.25, -0.2) is 0 Å². The molecule has 2 aromatic carbocycles. The van der Waals surface area contributed by atoms with Crippen LogP contribution in [0, 0.1) is 11.8 Å². The molecule has 0 spiro atoms. The second-order valence-electron chi connectivity index (χ2n) is 6.87. The quantitative estimate of drug-likeness (QED) is 0.897. The molecule has 1 saturated heterocycles. The lowest BCUT2D eigenvalue weighted by atomic mass is 10.0.